The molecule has 6 heteroatoms. The molecule has 1 aromatic carbocycles. The average molecular weight is 328 g/mol. The Hall–Kier alpha value is -1.17. The van der Waals surface area contributed by atoms with Gasteiger partial charge in [0, 0.05) is 24.7 Å². The van der Waals surface area contributed by atoms with Crippen LogP contribution in [0.3, 0.4) is 0 Å². The highest BCUT2D eigenvalue weighted by molar-refractivity contribution is 6.30. The molecule has 1 aliphatic rings. The first-order valence-corrected chi connectivity index (χ1v) is 8.07. The molecule has 122 valence electrons. The Morgan fingerprint density at radius 1 is 1.36 bits per heavy atom. The van der Waals surface area contributed by atoms with Gasteiger partial charge in [-0.1, -0.05) is 23.7 Å². The van der Waals surface area contributed by atoms with Crippen molar-refractivity contribution in [1.29, 1.82) is 0 Å². The van der Waals surface area contributed by atoms with Crippen LogP contribution in [-0.4, -0.2) is 42.7 Å². The van der Waals surface area contributed by atoms with Gasteiger partial charge in [-0.25, -0.2) is 4.39 Å². The van der Waals surface area contributed by atoms with Gasteiger partial charge in [-0.3, -0.25) is 4.79 Å². The molecule has 0 radical (unpaired) electrons. The lowest BCUT2D eigenvalue weighted by Crippen LogP contribution is -2.48. The van der Waals surface area contributed by atoms with Crippen LogP contribution in [0, 0.1) is 0 Å². The lowest BCUT2D eigenvalue weighted by atomic mass is 10.1. The highest BCUT2D eigenvalue weighted by Crippen LogP contribution is 2.14. The number of hydrogen-bond acceptors (Lipinski definition) is 3. The topological polar surface area (TPSA) is 58.4 Å². The maximum atomic E-state index is 13.1. The van der Waals surface area contributed by atoms with Crippen molar-refractivity contribution in [1.82, 2.24) is 10.2 Å². The summed E-state index contributed by atoms with van der Waals surface area (Å²) in [5, 5.41) is 3.98. The van der Waals surface area contributed by atoms with Crippen LogP contribution in [-0.2, 0) is 11.3 Å². The molecule has 0 aliphatic carbocycles. The van der Waals surface area contributed by atoms with Crippen LogP contribution >= 0.6 is 11.6 Å². The van der Waals surface area contributed by atoms with Gasteiger partial charge in [-0.05, 0) is 43.5 Å². The zero-order valence-corrected chi connectivity index (χ0v) is 13.4. The highest BCUT2D eigenvalue weighted by Gasteiger charge is 2.25. The summed E-state index contributed by atoms with van der Waals surface area (Å²) in [6.07, 6.45) is 0.643. The molecule has 1 saturated heterocycles. The van der Waals surface area contributed by atoms with E-state index >= 15 is 0 Å². The van der Waals surface area contributed by atoms with Gasteiger partial charge in [0.25, 0.3) is 0 Å². The number of likely N-dealkylation sites (tertiary alicyclic amines) is 1. The number of amides is 1. The Bertz CT molecular complexity index is 475. The molecule has 1 amide bonds. The van der Waals surface area contributed by atoms with Gasteiger partial charge in [0.15, 0.2) is 0 Å². The Kier molecular flexibility index (Phi) is 6.61. The average Bonchev–Trinajstić information content (AvgIpc) is 2.53. The molecule has 0 spiro atoms. The number of alkyl halides is 1. The van der Waals surface area contributed by atoms with Crippen molar-refractivity contribution in [2.75, 3.05) is 19.6 Å². The van der Waals surface area contributed by atoms with Gasteiger partial charge in [-0.15, -0.1) is 0 Å². The molecule has 2 rings (SSSR count). The third-order valence-corrected chi connectivity index (χ3v) is 4.18. The van der Waals surface area contributed by atoms with E-state index in [-0.39, 0.29) is 5.91 Å². The summed E-state index contributed by atoms with van der Waals surface area (Å²) in [5.41, 5.74) is 7.07. The third-order valence-electron chi connectivity index (χ3n) is 3.93. The van der Waals surface area contributed by atoms with E-state index in [0.29, 0.717) is 50.5 Å². The molecule has 0 unspecified atom stereocenters. The van der Waals surface area contributed by atoms with E-state index < -0.39 is 12.2 Å². The normalized spacial score (nSPS) is 17.5. The van der Waals surface area contributed by atoms with E-state index in [1.807, 2.05) is 24.3 Å². The SMILES string of the molecule is N[C@@H](CCNCc1ccc(Cl)cc1)C(=O)N1CCC(F)CC1. The predicted molar refractivity (Wildman–Crippen MR) is 86.5 cm³/mol. The van der Waals surface area contributed by atoms with Crippen LogP contribution < -0.4 is 11.1 Å². The molecule has 0 bridgehead atoms. The molecule has 1 heterocycles. The first-order valence-electron chi connectivity index (χ1n) is 7.70. The van der Waals surface area contributed by atoms with Crippen molar-refractivity contribution in [3.05, 3.63) is 34.9 Å². The summed E-state index contributed by atoms with van der Waals surface area (Å²) in [7, 11) is 0. The van der Waals surface area contributed by atoms with E-state index in [2.05, 4.69) is 5.32 Å². The van der Waals surface area contributed by atoms with Crippen molar-refractivity contribution < 1.29 is 9.18 Å². The van der Waals surface area contributed by atoms with Crippen LogP contribution in [0.15, 0.2) is 24.3 Å². The second-order valence-electron chi connectivity index (χ2n) is 5.70. The van der Waals surface area contributed by atoms with Crippen LogP contribution in [0.5, 0.6) is 0 Å². The van der Waals surface area contributed by atoms with Gasteiger partial charge in [0.1, 0.15) is 6.17 Å². The number of carbonyl (C=O) groups excluding carboxylic acids is 1. The maximum absolute atomic E-state index is 13.1. The van der Waals surface area contributed by atoms with E-state index in [1.54, 1.807) is 4.90 Å². The van der Waals surface area contributed by atoms with E-state index in [4.69, 9.17) is 17.3 Å². The number of hydrogen-bond donors (Lipinski definition) is 2. The van der Waals surface area contributed by atoms with Crippen LogP contribution in [0.4, 0.5) is 4.39 Å². The third kappa shape index (κ3) is 5.23. The minimum absolute atomic E-state index is 0.0693. The molecule has 0 saturated carbocycles. The van der Waals surface area contributed by atoms with Crippen molar-refractivity contribution >= 4 is 17.5 Å². The van der Waals surface area contributed by atoms with Crippen molar-refractivity contribution in [3.8, 4) is 0 Å². The lowest BCUT2D eigenvalue weighted by Gasteiger charge is -2.30. The van der Waals surface area contributed by atoms with E-state index in [9.17, 15) is 9.18 Å². The Balaban J connectivity index is 1.65. The second-order valence-corrected chi connectivity index (χ2v) is 6.13. The summed E-state index contributed by atoms with van der Waals surface area (Å²) in [6.45, 7) is 2.33. The Morgan fingerprint density at radius 2 is 2.00 bits per heavy atom. The second kappa shape index (κ2) is 8.46. The summed E-state index contributed by atoms with van der Waals surface area (Å²) in [5.74, 6) is -0.0693. The van der Waals surface area contributed by atoms with Gasteiger partial charge in [-0.2, -0.15) is 0 Å². The fraction of sp³-hybridized carbons (Fsp3) is 0.562. The van der Waals surface area contributed by atoms with Gasteiger partial charge in [0.05, 0.1) is 6.04 Å². The smallest absolute Gasteiger partial charge is 0.239 e. The van der Waals surface area contributed by atoms with Crippen LogP contribution in [0.1, 0.15) is 24.8 Å². The first-order chi connectivity index (χ1) is 10.6. The van der Waals surface area contributed by atoms with E-state index in [0.717, 1.165) is 5.56 Å². The molecule has 22 heavy (non-hydrogen) atoms. The minimum Gasteiger partial charge on any atom is -0.341 e. The summed E-state index contributed by atoms with van der Waals surface area (Å²) < 4.78 is 13.1. The molecular weight excluding hydrogens is 305 g/mol. The maximum Gasteiger partial charge on any atom is 0.239 e. The first kappa shape index (κ1) is 17.2. The summed E-state index contributed by atoms with van der Waals surface area (Å²) in [4.78, 5) is 13.8. The number of carbonyl (C=O) groups is 1. The molecule has 3 N–H and O–H groups in total. The number of piperidine rings is 1. The molecular formula is C16H23ClFN3O. The van der Waals surface area contributed by atoms with Gasteiger partial charge >= 0.3 is 0 Å². The Labute approximate surface area is 135 Å². The monoisotopic (exact) mass is 327 g/mol. The zero-order valence-electron chi connectivity index (χ0n) is 12.6. The molecule has 4 nitrogen and oxygen atoms in total. The summed E-state index contributed by atoms with van der Waals surface area (Å²) in [6, 6.07) is 7.10. The fourth-order valence-corrected chi connectivity index (χ4v) is 2.64. The molecule has 1 atom stereocenters. The van der Waals surface area contributed by atoms with Crippen LogP contribution in [0.25, 0.3) is 0 Å². The zero-order chi connectivity index (χ0) is 15.9. The van der Waals surface area contributed by atoms with Gasteiger partial charge in [0.2, 0.25) is 5.91 Å². The van der Waals surface area contributed by atoms with Crippen LogP contribution in [0.2, 0.25) is 5.02 Å². The summed E-state index contributed by atoms with van der Waals surface area (Å²) >= 11 is 5.83. The number of halogens is 2. The van der Waals surface area contributed by atoms with Crippen molar-refractivity contribution in [3.63, 3.8) is 0 Å². The largest absolute Gasteiger partial charge is 0.341 e. The standard InChI is InChI=1S/C16H23ClFN3O/c17-13-3-1-12(2-4-13)11-20-8-5-15(19)16(22)21-9-6-14(18)7-10-21/h1-4,14-15,20H,5-11,19H2/t15-/m0/s1. The van der Waals surface area contributed by atoms with Gasteiger partial charge < -0.3 is 16.0 Å². The highest BCUT2D eigenvalue weighted by atomic mass is 35.5. The fourth-order valence-electron chi connectivity index (χ4n) is 2.52. The molecule has 1 aromatic rings. The molecule has 0 aromatic heterocycles. The molecule has 1 fully saturated rings. The molecule has 1 aliphatic heterocycles. The minimum atomic E-state index is -0.777. The predicted octanol–water partition coefficient (Wildman–Crippen LogP) is 2.11. The van der Waals surface area contributed by atoms with E-state index in [1.165, 1.54) is 0 Å². The quantitative estimate of drug-likeness (QED) is 0.787. The number of nitrogens with two attached hydrogens (primary N) is 1. The number of nitrogens with one attached hydrogen (secondary N) is 1. The number of rotatable bonds is 6. The number of nitrogens with zero attached hydrogens (tertiary/aromatic N) is 1. The number of benzene rings is 1. The Morgan fingerprint density at radius 3 is 2.64 bits per heavy atom. The van der Waals surface area contributed by atoms with Crippen molar-refractivity contribution in [2.45, 2.75) is 38.0 Å². The van der Waals surface area contributed by atoms with Crippen molar-refractivity contribution in [2.24, 2.45) is 5.73 Å². The lowest BCUT2D eigenvalue weighted by molar-refractivity contribution is -0.134.